The number of carbonyl (C=O) groups is 1. The van der Waals surface area contributed by atoms with Gasteiger partial charge in [-0.05, 0) is 0 Å². The number of nitrogens with zero attached hydrogens (tertiary/aromatic N) is 1. The molecule has 0 aromatic heterocycles. The zero-order valence-corrected chi connectivity index (χ0v) is 4.94. The molecule has 0 bridgehead atoms. The topological polar surface area (TPSA) is 40.5 Å². The molecule has 46 valence electrons. The molecule has 0 spiro atoms. The Bertz CT molecular complexity index is 134. The molecule has 1 heterocycles. The predicted octanol–water partition coefficient (Wildman–Crippen LogP) is -0.323. The van der Waals surface area contributed by atoms with E-state index in [0.29, 0.717) is 22.9 Å². The van der Waals surface area contributed by atoms with Gasteiger partial charge in [0.25, 0.3) is 5.91 Å². The van der Waals surface area contributed by atoms with Crippen molar-refractivity contribution in [3.63, 3.8) is 0 Å². The van der Waals surface area contributed by atoms with Crippen LogP contribution in [0.15, 0.2) is 0 Å². The van der Waals surface area contributed by atoms with E-state index in [0.717, 1.165) is 0 Å². The third-order valence-corrected chi connectivity index (χ3v) is 1.40. The van der Waals surface area contributed by atoms with Gasteiger partial charge in [-0.1, -0.05) is 12.2 Å². The average molecular weight is 155 g/mol. The molecule has 1 rings (SSSR count). The van der Waals surface area contributed by atoms with Crippen LogP contribution in [0.5, 0.6) is 0 Å². The van der Waals surface area contributed by atoms with Crippen molar-refractivity contribution < 1.29 is 10.0 Å². The van der Waals surface area contributed by atoms with Crippen LogP contribution >= 0.6 is 12.2 Å². The van der Waals surface area contributed by atoms with Crippen LogP contribution in [0.3, 0.4) is 0 Å². The molecule has 0 radical (unpaired) electrons. The first-order chi connectivity index (χ1) is 3.72. The third kappa shape index (κ3) is 1.98. The van der Waals surface area contributed by atoms with Gasteiger partial charge in [0.2, 0.25) is 0 Å². The predicted molar refractivity (Wildman–Crippen MR) is 37.6 cm³/mol. The molecular weight excluding hydrogens is 149 g/mol. The molecular formula is C4H6NNaO2S. The summed E-state index contributed by atoms with van der Waals surface area (Å²) in [5.41, 5.74) is 0. The van der Waals surface area contributed by atoms with Crippen LogP contribution in [0, 0.1) is 0 Å². The standard InChI is InChI=1S/C4H5NO2S.Na.H/c6-3-1-2-4(8)5(3)7;;/h7H,1-2H2;;. The van der Waals surface area contributed by atoms with Crippen LogP contribution in [-0.4, -0.2) is 50.7 Å². The van der Waals surface area contributed by atoms with Gasteiger partial charge >= 0.3 is 29.6 Å². The molecule has 1 fully saturated rings. The van der Waals surface area contributed by atoms with Gasteiger partial charge in [-0.2, -0.15) is 5.06 Å². The number of hydrogen-bond donors (Lipinski definition) is 1. The Kier molecular flexibility index (Phi) is 3.84. The summed E-state index contributed by atoms with van der Waals surface area (Å²) in [5, 5.41) is 9.15. The Morgan fingerprint density at radius 1 is 1.56 bits per heavy atom. The fraction of sp³-hybridized carbons (Fsp3) is 0.500. The molecule has 0 aliphatic carbocycles. The average Bonchev–Trinajstić information content (AvgIpc) is 1.98. The fourth-order valence-electron chi connectivity index (χ4n) is 0.565. The van der Waals surface area contributed by atoms with E-state index in [1.165, 1.54) is 0 Å². The summed E-state index contributed by atoms with van der Waals surface area (Å²) in [5.74, 6) is -0.296. The van der Waals surface area contributed by atoms with Crippen LogP contribution in [-0.2, 0) is 4.79 Å². The van der Waals surface area contributed by atoms with Crippen LogP contribution in [0.2, 0.25) is 0 Å². The van der Waals surface area contributed by atoms with Gasteiger partial charge in [-0.15, -0.1) is 0 Å². The van der Waals surface area contributed by atoms with Crippen LogP contribution in [0.25, 0.3) is 0 Å². The first-order valence-corrected chi connectivity index (χ1v) is 2.67. The minimum atomic E-state index is -0.296. The van der Waals surface area contributed by atoms with Gasteiger partial charge in [-0.3, -0.25) is 10.0 Å². The Hall–Kier alpha value is 0.520. The molecule has 3 nitrogen and oxygen atoms in total. The monoisotopic (exact) mass is 155 g/mol. The Labute approximate surface area is 80.3 Å². The van der Waals surface area contributed by atoms with Crippen molar-refractivity contribution in [2.45, 2.75) is 12.8 Å². The summed E-state index contributed by atoms with van der Waals surface area (Å²) < 4.78 is 0. The van der Waals surface area contributed by atoms with E-state index < -0.39 is 0 Å². The second kappa shape index (κ2) is 3.63. The molecule has 0 saturated carbocycles. The molecule has 5 heteroatoms. The Balaban J connectivity index is 0.000000640. The number of hydrogen-bond acceptors (Lipinski definition) is 3. The molecule has 0 atom stereocenters. The molecule has 0 unspecified atom stereocenters. The van der Waals surface area contributed by atoms with E-state index in [9.17, 15) is 4.79 Å². The van der Waals surface area contributed by atoms with Crippen LogP contribution < -0.4 is 0 Å². The molecule has 1 saturated heterocycles. The summed E-state index contributed by atoms with van der Waals surface area (Å²) in [6.07, 6.45) is 0.875. The zero-order valence-electron chi connectivity index (χ0n) is 4.13. The van der Waals surface area contributed by atoms with E-state index in [4.69, 9.17) is 5.21 Å². The second-order valence-corrected chi connectivity index (χ2v) is 2.07. The van der Waals surface area contributed by atoms with Crippen molar-refractivity contribution in [1.82, 2.24) is 5.06 Å². The quantitative estimate of drug-likeness (QED) is 0.296. The summed E-state index contributed by atoms with van der Waals surface area (Å²) >= 11 is 4.57. The van der Waals surface area contributed by atoms with E-state index in [1.54, 1.807) is 0 Å². The molecule has 9 heavy (non-hydrogen) atoms. The summed E-state index contributed by atoms with van der Waals surface area (Å²) in [6, 6.07) is 0. The first-order valence-electron chi connectivity index (χ1n) is 2.26. The van der Waals surface area contributed by atoms with Gasteiger partial charge in [-0.25, -0.2) is 0 Å². The van der Waals surface area contributed by atoms with E-state index >= 15 is 0 Å². The molecule has 0 aromatic rings. The number of carbonyl (C=O) groups excluding carboxylic acids is 1. The minimum absolute atomic E-state index is 0. The molecule has 1 N–H and O–H groups in total. The number of hydroxylamine groups is 2. The van der Waals surface area contributed by atoms with E-state index in [2.05, 4.69) is 12.2 Å². The molecule has 1 amide bonds. The van der Waals surface area contributed by atoms with Crippen molar-refractivity contribution >= 4 is 52.7 Å². The molecule has 1 aliphatic rings. The van der Waals surface area contributed by atoms with Crippen molar-refractivity contribution in [2.75, 3.05) is 0 Å². The van der Waals surface area contributed by atoms with E-state index in [-0.39, 0.29) is 35.5 Å². The maximum atomic E-state index is 10.4. The second-order valence-electron chi connectivity index (χ2n) is 1.60. The Morgan fingerprint density at radius 2 is 2.11 bits per heavy atom. The summed E-state index contributed by atoms with van der Waals surface area (Å²) in [4.78, 5) is 10.7. The molecule has 0 aromatic carbocycles. The van der Waals surface area contributed by atoms with E-state index in [1.807, 2.05) is 0 Å². The number of rotatable bonds is 0. The molecule has 1 aliphatic heterocycles. The van der Waals surface area contributed by atoms with Crippen molar-refractivity contribution in [1.29, 1.82) is 0 Å². The fourth-order valence-corrected chi connectivity index (χ4v) is 0.769. The first kappa shape index (κ1) is 9.52. The summed E-state index contributed by atoms with van der Waals surface area (Å²) in [7, 11) is 0. The summed E-state index contributed by atoms with van der Waals surface area (Å²) in [6.45, 7) is 0. The zero-order chi connectivity index (χ0) is 6.15. The number of amides is 1. The van der Waals surface area contributed by atoms with Crippen molar-refractivity contribution in [3.8, 4) is 0 Å². The van der Waals surface area contributed by atoms with Gasteiger partial charge < -0.3 is 0 Å². The number of thiocarbonyl (C=S) groups is 1. The van der Waals surface area contributed by atoms with Crippen molar-refractivity contribution in [2.24, 2.45) is 0 Å². The van der Waals surface area contributed by atoms with Crippen LogP contribution in [0.1, 0.15) is 12.8 Å². The van der Waals surface area contributed by atoms with Gasteiger partial charge in [0.05, 0.1) is 0 Å². The van der Waals surface area contributed by atoms with Gasteiger partial charge in [0, 0.05) is 12.8 Å². The van der Waals surface area contributed by atoms with Crippen molar-refractivity contribution in [3.05, 3.63) is 0 Å². The van der Waals surface area contributed by atoms with Gasteiger partial charge in [0.15, 0.2) is 0 Å². The van der Waals surface area contributed by atoms with Crippen LogP contribution in [0.4, 0.5) is 0 Å². The maximum absolute atomic E-state index is 10.4. The SMILES string of the molecule is O=C1CCC(=S)N1O.[NaH]. The normalized spacial score (nSPS) is 18.1. The Morgan fingerprint density at radius 3 is 2.22 bits per heavy atom. The third-order valence-electron chi connectivity index (χ3n) is 1.03. The van der Waals surface area contributed by atoms with Gasteiger partial charge in [0.1, 0.15) is 4.99 Å².